The molecule has 3 aromatic rings. The fourth-order valence-electron chi connectivity index (χ4n) is 2.21. The van der Waals surface area contributed by atoms with Gasteiger partial charge in [0.15, 0.2) is 0 Å². The van der Waals surface area contributed by atoms with E-state index in [2.05, 4.69) is 17.1 Å². The number of thiazole rings is 1. The van der Waals surface area contributed by atoms with Crippen molar-refractivity contribution in [1.82, 2.24) is 4.98 Å². The molecule has 0 fully saturated rings. The van der Waals surface area contributed by atoms with E-state index in [1.54, 1.807) is 0 Å². The molecule has 0 saturated heterocycles. The molecule has 0 bridgehead atoms. The smallest absolute Gasteiger partial charge is 0.134 e. The van der Waals surface area contributed by atoms with E-state index in [0.717, 1.165) is 21.8 Å². The van der Waals surface area contributed by atoms with Crippen LogP contribution in [0.1, 0.15) is 16.1 Å². The van der Waals surface area contributed by atoms with Crippen molar-refractivity contribution in [3.05, 3.63) is 76.1 Å². The Morgan fingerprint density at radius 2 is 1.95 bits per heavy atom. The van der Waals surface area contributed by atoms with Crippen LogP contribution in [0.25, 0.3) is 22.9 Å². The van der Waals surface area contributed by atoms with Crippen molar-refractivity contribution < 1.29 is 0 Å². The molecule has 0 aliphatic rings. The molecule has 0 saturated carbocycles. The zero-order valence-corrected chi connectivity index (χ0v) is 13.0. The van der Waals surface area contributed by atoms with Crippen LogP contribution in [0, 0.1) is 18.3 Å². The summed E-state index contributed by atoms with van der Waals surface area (Å²) in [6.07, 6.45) is 1.89. The summed E-state index contributed by atoms with van der Waals surface area (Å²) < 4.78 is 0. The second-order valence-electron chi connectivity index (χ2n) is 4.99. The molecule has 0 aliphatic carbocycles. The Labute approximate surface area is 134 Å². The second-order valence-corrected chi connectivity index (χ2v) is 5.85. The predicted molar refractivity (Wildman–Crippen MR) is 92.2 cm³/mol. The molecule has 3 heteroatoms. The maximum atomic E-state index is 9.44. The van der Waals surface area contributed by atoms with Gasteiger partial charge in [-0.15, -0.1) is 11.3 Å². The molecule has 1 heterocycles. The highest BCUT2D eigenvalue weighted by atomic mass is 32.1. The summed E-state index contributed by atoms with van der Waals surface area (Å²) in [5.41, 5.74) is 4.77. The van der Waals surface area contributed by atoms with E-state index in [9.17, 15) is 5.26 Å². The normalized spacial score (nSPS) is 11.2. The van der Waals surface area contributed by atoms with E-state index in [4.69, 9.17) is 0 Å². The first kappa shape index (κ1) is 14.2. The van der Waals surface area contributed by atoms with Crippen LogP contribution in [0.4, 0.5) is 0 Å². The first-order chi connectivity index (χ1) is 10.8. The summed E-state index contributed by atoms with van der Waals surface area (Å²) in [5, 5.41) is 12.2. The highest BCUT2D eigenvalue weighted by Gasteiger charge is 2.08. The van der Waals surface area contributed by atoms with Crippen molar-refractivity contribution in [3.63, 3.8) is 0 Å². The average Bonchev–Trinajstić information content (AvgIpc) is 3.03. The van der Waals surface area contributed by atoms with E-state index >= 15 is 0 Å². The van der Waals surface area contributed by atoms with Crippen LogP contribution in [0.2, 0.25) is 0 Å². The minimum absolute atomic E-state index is 0.595. The predicted octanol–water partition coefficient (Wildman–Crippen LogP) is 5.18. The molecular weight excluding hydrogens is 288 g/mol. The first-order valence-corrected chi connectivity index (χ1v) is 7.84. The Morgan fingerprint density at radius 1 is 1.14 bits per heavy atom. The van der Waals surface area contributed by atoms with Gasteiger partial charge in [-0.1, -0.05) is 60.2 Å². The number of rotatable bonds is 3. The lowest BCUT2D eigenvalue weighted by atomic mass is 10.1. The molecule has 0 spiro atoms. The Balaban J connectivity index is 1.96. The van der Waals surface area contributed by atoms with Crippen molar-refractivity contribution in [3.8, 4) is 17.3 Å². The monoisotopic (exact) mass is 302 g/mol. The number of nitriles is 1. The Kier molecular flexibility index (Phi) is 4.13. The zero-order chi connectivity index (χ0) is 15.4. The third-order valence-corrected chi connectivity index (χ3v) is 4.15. The number of nitrogens with zero attached hydrogens (tertiary/aromatic N) is 2. The van der Waals surface area contributed by atoms with Gasteiger partial charge in [0.1, 0.15) is 11.1 Å². The van der Waals surface area contributed by atoms with E-state index in [0.29, 0.717) is 5.57 Å². The standard InChI is InChI=1S/C19H14N2S/c1-14-6-5-7-15(10-14)11-17(12-20)19-21-18(13-22-19)16-8-3-2-4-9-16/h2-11,13H,1H3. The van der Waals surface area contributed by atoms with Gasteiger partial charge < -0.3 is 0 Å². The fraction of sp³-hybridized carbons (Fsp3) is 0.0526. The Hall–Kier alpha value is -2.70. The Morgan fingerprint density at radius 3 is 2.68 bits per heavy atom. The van der Waals surface area contributed by atoms with Gasteiger partial charge >= 0.3 is 0 Å². The summed E-state index contributed by atoms with van der Waals surface area (Å²) in [4.78, 5) is 4.60. The summed E-state index contributed by atoms with van der Waals surface area (Å²) in [5.74, 6) is 0. The average molecular weight is 302 g/mol. The molecule has 2 aromatic carbocycles. The van der Waals surface area contributed by atoms with Gasteiger partial charge in [-0.2, -0.15) is 5.26 Å². The third-order valence-electron chi connectivity index (χ3n) is 3.28. The molecule has 0 atom stereocenters. The quantitative estimate of drug-likeness (QED) is 0.625. The van der Waals surface area contributed by atoms with Gasteiger partial charge in [0, 0.05) is 10.9 Å². The number of hydrogen-bond acceptors (Lipinski definition) is 3. The van der Waals surface area contributed by atoms with Gasteiger partial charge in [0.25, 0.3) is 0 Å². The molecule has 2 nitrogen and oxygen atoms in total. The van der Waals surface area contributed by atoms with Crippen LogP contribution in [-0.4, -0.2) is 4.98 Å². The molecule has 0 radical (unpaired) electrons. The molecule has 0 unspecified atom stereocenters. The summed E-state index contributed by atoms with van der Waals surface area (Å²) in [6.45, 7) is 2.04. The topological polar surface area (TPSA) is 36.7 Å². The van der Waals surface area contributed by atoms with Crippen molar-refractivity contribution in [2.24, 2.45) is 0 Å². The largest absolute Gasteiger partial charge is 0.235 e. The maximum Gasteiger partial charge on any atom is 0.134 e. The van der Waals surface area contributed by atoms with E-state index in [-0.39, 0.29) is 0 Å². The summed E-state index contributed by atoms with van der Waals surface area (Å²) >= 11 is 1.50. The lowest BCUT2D eigenvalue weighted by Crippen LogP contribution is -1.83. The van der Waals surface area contributed by atoms with Crippen molar-refractivity contribution in [2.75, 3.05) is 0 Å². The zero-order valence-electron chi connectivity index (χ0n) is 12.2. The number of hydrogen-bond donors (Lipinski definition) is 0. The molecule has 1 aromatic heterocycles. The molecule has 0 amide bonds. The van der Waals surface area contributed by atoms with Crippen LogP contribution < -0.4 is 0 Å². The SMILES string of the molecule is Cc1cccc(C=C(C#N)c2nc(-c3ccccc3)cs2)c1. The molecular formula is C19H14N2S. The van der Waals surface area contributed by atoms with Crippen LogP contribution in [0.15, 0.2) is 60.0 Å². The number of aryl methyl sites for hydroxylation is 1. The van der Waals surface area contributed by atoms with Gasteiger partial charge in [-0.05, 0) is 18.6 Å². The minimum atomic E-state index is 0.595. The summed E-state index contributed by atoms with van der Waals surface area (Å²) in [6, 6.07) is 20.4. The first-order valence-electron chi connectivity index (χ1n) is 6.96. The van der Waals surface area contributed by atoms with E-state index in [1.807, 2.05) is 66.9 Å². The van der Waals surface area contributed by atoms with Crippen molar-refractivity contribution in [1.29, 1.82) is 5.26 Å². The van der Waals surface area contributed by atoms with Gasteiger partial charge in [0.05, 0.1) is 11.3 Å². The van der Waals surface area contributed by atoms with Crippen LogP contribution >= 0.6 is 11.3 Å². The summed E-state index contributed by atoms with van der Waals surface area (Å²) in [7, 11) is 0. The number of aromatic nitrogens is 1. The highest BCUT2D eigenvalue weighted by Crippen LogP contribution is 2.27. The van der Waals surface area contributed by atoms with Gasteiger partial charge in [0.2, 0.25) is 0 Å². The molecule has 0 N–H and O–H groups in total. The molecule has 0 aliphatic heterocycles. The van der Waals surface area contributed by atoms with Gasteiger partial charge in [-0.25, -0.2) is 4.98 Å². The second kappa shape index (κ2) is 6.38. The van der Waals surface area contributed by atoms with Crippen molar-refractivity contribution >= 4 is 23.0 Å². The highest BCUT2D eigenvalue weighted by molar-refractivity contribution is 7.11. The minimum Gasteiger partial charge on any atom is -0.235 e. The maximum absolute atomic E-state index is 9.44. The number of benzene rings is 2. The van der Waals surface area contributed by atoms with Crippen molar-refractivity contribution in [2.45, 2.75) is 6.92 Å². The Bertz CT molecular complexity index is 854. The fourth-order valence-corrected chi connectivity index (χ4v) is 3.00. The lowest BCUT2D eigenvalue weighted by molar-refractivity contribution is 1.37. The van der Waals surface area contributed by atoms with Crippen LogP contribution in [-0.2, 0) is 0 Å². The van der Waals surface area contributed by atoms with Crippen LogP contribution in [0.3, 0.4) is 0 Å². The van der Waals surface area contributed by atoms with Crippen LogP contribution in [0.5, 0.6) is 0 Å². The van der Waals surface area contributed by atoms with E-state index in [1.165, 1.54) is 16.9 Å². The van der Waals surface area contributed by atoms with Gasteiger partial charge in [-0.3, -0.25) is 0 Å². The molecule has 106 valence electrons. The lowest BCUT2D eigenvalue weighted by Gasteiger charge is -1.98. The van der Waals surface area contributed by atoms with E-state index < -0.39 is 0 Å². The molecule has 22 heavy (non-hydrogen) atoms. The molecule has 3 rings (SSSR count). The third kappa shape index (κ3) is 3.13. The number of allylic oxidation sites excluding steroid dienone is 1.